The maximum Gasteiger partial charge on any atom is 0.281 e. The minimum Gasteiger partial charge on any atom is -0.443 e. The first kappa shape index (κ1) is 21.8. The molecule has 2 atom stereocenters. The molecule has 2 aliphatic rings. The maximum atomic E-state index is 13.8. The molecule has 2 aliphatic heterocycles. The van der Waals surface area contributed by atoms with Gasteiger partial charge >= 0.3 is 0 Å². The molecule has 0 fully saturated rings. The van der Waals surface area contributed by atoms with E-state index in [4.69, 9.17) is 14.9 Å². The van der Waals surface area contributed by atoms with Crippen LogP contribution in [0.15, 0.2) is 59.3 Å². The zero-order valence-corrected chi connectivity index (χ0v) is 18.6. The molecule has 3 amide bonds. The van der Waals surface area contributed by atoms with E-state index in [0.717, 1.165) is 5.56 Å². The van der Waals surface area contributed by atoms with Crippen molar-refractivity contribution in [2.24, 2.45) is 5.73 Å². The Morgan fingerprint density at radius 2 is 1.97 bits per heavy atom. The molecule has 5 rings (SSSR count). The highest BCUT2D eigenvalue weighted by Crippen LogP contribution is 2.44. The number of amides is 3. The lowest BCUT2D eigenvalue weighted by molar-refractivity contribution is -0.119. The summed E-state index contributed by atoms with van der Waals surface area (Å²) in [6, 6.07) is 13.5. The normalized spacial score (nSPS) is 19.1. The largest absolute Gasteiger partial charge is 0.443 e. The second-order valence-corrected chi connectivity index (χ2v) is 8.40. The third-order valence-corrected chi connectivity index (χ3v) is 6.45. The van der Waals surface area contributed by atoms with Gasteiger partial charge in [0.2, 0.25) is 5.91 Å². The molecule has 0 radical (unpaired) electrons. The highest BCUT2D eigenvalue weighted by atomic mass is 16.5. The summed E-state index contributed by atoms with van der Waals surface area (Å²) in [6.07, 6.45) is 1.51. The first-order valence-electron chi connectivity index (χ1n) is 11.0. The molecule has 3 heterocycles. The van der Waals surface area contributed by atoms with Crippen LogP contribution in [0.25, 0.3) is 11.3 Å². The van der Waals surface area contributed by atoms with Crippen LogP contribution in [0.4, 0.5) is 5.69 Å². The minimum absolute atomic E-state index is 0.0809. The molecular weight excluding hydrogens is 436 g/mol. The Hall–Kier alpha value is -3.98. The third kappa shape index (κ3) is 3.54. The summed E-state index contributed by atoms with van der Waals surface area (Å²) >= 11 is 0. The van der Waals surface area contributed by atoms with E-state index < -0.39 is 17.9 Å². The number of aromatic nitrogens is 1. The Bertz CT molecular complexity index is 1260. The van der Waals surface area contributed by atoms with Gasteiger partial charge in [0.05, 0.1) is 6.61 Å². The van der Waals surface area contributed by atoms with Gasteiger partial charge in [0.15, 0.2) is 17.8 Å². The van der Waals surface area contributed by atoms with E-state index in [1.165, 1.54) is 11.3 Å². The topological polar surface area (TPSA) is 119 Å². The van der Waals surface area contributed by atoms with Crippen LogP contribution in [0.3, 0.4) is 0 Å². The van der Waals surface area contributed by atoms with Crippen molar-refractivity contribution in [1.82, 2.24) is 9.88 Å². The fraction of sp³-hybridized carbons (Fsp3) is 0.280. The van der Waals surface area contributed by atoms with Crippen LogP contribution in [-0.4, -0.2) is 60.5 Å². The van der Waals surface area contributed by atoms with Gasteiger partial charge in [-0.2, -0.15) is 0 Å². The summed E-state index contributed by atoms with van der Waals surface area (Å²) in [5, 5.41) is 0. The van der Waals surface area contributed by atoms with Crippen molar-refractivity contribution in [3.63, 3.8) is 0 Å². The Morgan fingerprint density at radius 3 is 2.71 bits per heavy atom. The lowest BCUT2D eigenvalue weighted by Crippen LogP contribution is -2.54. The van der Waals surface area contributed by atoms with Crippen molar-refractivity contribution in [1.29, 1.82) is 0 Å². The number of hydrogen-bond acceptors (Lipinski definition) is 6. The molecule has 2 aromatic carbocycles. The molecule has 0 bridgehead atoms. The second-order valence-electron chi connectivity index (χ2n) is 8.40. The molecular formula is C25H24N4O5. The van der Waals surface area contributed by atoms with Crippen molar-refractivity contribution < 1.29 is 23.5 Å². The maximum absolute atomic E-state index is 13.8. The van der Waals surface area contributed by atoms with Gasteiger partial charge in [0.1, 0.15) is 6.04 Å². The first-order chi connectivity index (χ1) is 16.5. The average molecular weight is 460 g/mol. The number of anilines is 1. The van der Waals surface area contributed by atoms with Gasteiger partial charge in [0, 0.05) is 42.9 Å². The number of methoxy groups -OCH3 is 1. The van der Waals surface area contributed by atoms with Gasteiger partial charge in [-0.05, 0) is 24.1 Å². The molecule has 2 N–H and O–H groups in total. The molecule has 0 aliphatic carbocycles. The highest BCUT2D eigenvalue weighted by Gasteiger charge is 2.45. The lowest BCUT2D eigenvalue weighted by atomic mass is 9.79. The minimum atomic E-state index is -0.891. The highest BCUT2D eigenvalue weighted by molar-refractivity contribution is 6.13. The number of nitrogens with two attached hydrogens (primary N) is 1. The summed E-state index contributed by atoms with van der Waals surface area (Å²) in [5.74, 6) is -1.07. The van der Waals surface area contributed by atoms with Crippen LogP contribution in [0.5, 0.6) is 0 Å². The van der Waals surface area contributed by atoms with Crippen molar-refractivity contribution in [3.05, 3.63) is 71.7 Å². The predicted octanol–water partition coefficient (Wildman–Crippen LogP) is 2.43. The number of primary amides is 1. The first-order valence-corrected chi connectivity index (χ1v) is 11.0. The number of carbonyl (C=O) groups is 3. The molecule has 34 heavy (non-hydrogen) atoms. The molecule has 3 aromatic rings. The Kier molecular flexibility index (Phi) is 5.62. The van der Waals surface area contributed by atoms with Gasteiger partial charge in [-0.3, -0.25) is 19.3 Å². The molecule has 9 heteroatoms. The standard InChI is InChI=1S/C25H24N4O5/c1-33-11-10-28-13-16-12-19(23(26)30)29(18-9-5-8-17(20(16)18)24(28)31)25(32)21-22(34-14-27-21)15-6-3-2-4-7-15/h2-9,14,16,19H,10-13H2,1H3,(H2,26,30)/t16-,19-/m0/s1. The third-order valence-electron chi connectivity index (χ3n) is 6.45. The predicted molar refractivity (Wildman–Crippen MR) is 123 cm³/mol. The van der Waals surface area contributed by atoms with Crippen LogP contribution in [0.1, 0.15) is 38.7 Å². The fourth-order valence-corrected chi connectivity index (χ4v) is 4.92. The zero-order chi connectivity index (χ0) is 23.8. The van der Waals surface area contributed by atoms with Gasteiger partial charge in [-0.1, -0.05) is 36.4 Å². The quantitative estimate of drug-likeness (QED) is 0.604. The van der Waals surface area contributed by atoms with E-state index >= 15 is 0 Å². The van der Waals surface area contributed by atoms with Crippen LogP contribution in [-0.2, 0) is 9.53 Å². The lowest BCUT2D eigenvalue weighted by Gasteiger charge is -2.44. The Morgan fingerprint density at radius 1 is 1.18 bits per heavy atom. The second kappa shape index (κ2) is 8.75. The molecule has 174 valence electrons. The van der Waals surface area contributed by atoms with Crippen molar-refractivity contribution in [3.8, 4) is 11.3 Å². The van der Waals surface area contributed by atoms with E-state index in [0.29, 0.717) is 48.7 Å². The molecule has 0 spiro atoms. The van der Waals surface area contributed by atoms with E-state index in [9.17, 15) is 14.4 Å². The van der Waals surface area contributed by atoms with Crippen LogP contribution in [0.2, 0.25) is 0 Å². The SMILES string of the molecule is COCCN1C[C@@H]2C[C@@H](C(N)=O)N(C(=O)c3ncoc3-c3ccccc3)c3cccc(c32)C1=O. The fourth-order valence-electron chi connectivity index (χ4n) is 4.92. The summed E-state index contributed by atoms with van der Waals surface area (Å²) < 4.78 is 10.7. The molecule has 0 unspecified atom stereocenters. The molecule has 9 nitrogen and oxygen atoms in total. The monoisotopic (exact) mass is 460 g/mol. The average Bonchev–Trinajstić information content (AvgIpc) is 3.35. The van der Waals surface area contributed by atoms with Crippen molar-refractivity contribution in [2.45, 2.75) is 18.4 Å². The number of oxazole rings is 1. The van der Waals surface area contributed by atoms with Gasteiger partial charge in [-0.25, -0.2) is 4.98 Å². The smallest absolute Gasteiger partial charge is 0.281 e. The number of nitrogens with zero attached hydrogens (tertiary/aromatic N) is 3. The van der Waals surface area contributed by atoms with E-state index in [-0.39, 0.29) is 17.5 Å². The van der Waals surface area contributed by atoms with Crippen LogP contribution >= 0.6 is 0 Å². The van der Waals surface area contributed by atoms with E-state index in [1.54, 1.807) is 30.2 Å². The van der Waals surface area contributed by atoms with Gasteiger partial charge < -0.3 is 19.8 Å². The van der Waals surface area contributed by atoms with Gasteiger partial charge in [0.25, 0.3) is 11.8 Å². The summed E-state index contributed by atoms with van der Waals surface area (Å²) in [4.78, 5) is 46.8. The van der Waals surface area contributed by atoms with Crippen LogP contribution < -0.4 is 10.6 Å². The number of rotatable bonds is 6. The summed E-state index contributed by atoms with van der Waals surface area (Å²) in [7, 11) is 1.58. The van der Waals surface area contributed by atoms with E-state index in [1.807, 2.05) is 30.3 Å². The van der Waals surface area contributed by atoms with E-state index in [2.05, 4.69) is 4.98 Å². The molecule has 0 saturated heterocycles. The molecule has 0 saturated carbocycles. The zero-order valence-electron chi connectivity index (χ0n) is 18.6. The number of benzene rings is 2. The van der Waals surface area contributed by atoms with Gasteiger partial charge in [-0.15, -0.1) is 0 Å². The number of carbonyl (C=O) groups excluding carboxylic acids is 3. The number of ether oxygens (including phenoxy) is 1. The van der Waals surface area contributed by atoms with Crippen molar-refractivity contribution in [2.75, 3.05) is 31.7 Å². The van der Waals surface area contributed by atoms with Crippen LogP contribution in [0, 0.1) is 0 Å². The van der Waals surface area contributed by atoms with Crippen molar-refractivity contribution >= 4 is 23.4 Å². The Balaban J connectivity index is 1.60. The summed E-state index contributed by atoms with van der Waals surface area (Å²) in [5.41, 5.74) is 8.35. The molecule has 1 aromatic heterocycles. The Labute approximate surface area is 196 Å². The summed E-state index contributed by atoms with van der Waals surface area (Å²) in [6.45, 7) is 1.28. The number of hydrogen-bond donors (Lipinski definition) is 1.